The first-order valence-corrected chi connectivity index (χ1v) is 12.5. The molecule has 0 saturated carbocycles. The fraction of sp³-hybridized carbons (Fsp3) is 0.409. The summed E-state index contributed by atoms with van der Waals surface area (Å²) in [6, 6.07) is 11.7. The van der Waals surface area contributed by atoms with Crippen molar-refractivity contribution in [3.05, 3.63) is 58.1 Å². The fourth-order valence-corrected chi connectivity index (χ4v) is 5.24. The van der Waals surface area contributed by atoms with Crippen LogP contribution in [0.3, 0.4) is 0 Å². The second kappa shape index (κ2) is 11.2. The van der Waals surface area contributed by atoms with Gasteiger partial charge in [0.2, 0.25) is 10.0 Å². The van der Waals surface area contributed by atoms with E-state index in [4.69, 9.17) is 27.9 Å². The molecular formula is C22H26Cl2N2O4S. The van der Waals surface area contributed by atoms with Crippen LogP contribution >= 0.6 is 23.2 Å². The Kier molecular flexibility index (Phi) is 8.60. The maximum Gasteiger partial charge on any atom is 0.257 e. The second-order valence-corrected chi connectivity index (χ2v) is 10.2. The molecule has 168 valence electrons. The number of halogens is 2. The number of carbonyl (C=O) groups is 1. The molecule has 31 heavy (non-hydrogen) atoms. The van der Waals surface area contributed by atoms with Crippen molar-refractivity contribution in [3.63, 3.8) is 0 Å². The largest absolute Gasteiger partial charge is 0.482 e. The van der Waals surface area contributed by atoms with Gasteiger partial charge in [-0.15, -0.1) is 0 Å². The summed E-state index contributed by atoms with van der Waals surface area (Å²) in [4.78, 5) is 12.3. The molecule has 1 heterocycles. The summed E-state index contributed by atoms with van der Waals surface area (Å²) in [7, 11) is -3.45. The van der Waals surface area contributed by atoms with E-state index in [0.717, 1.165) is 31.2 Å². The van der Waals surface area contributed by atoms with Crippen LogP contribution in [-0.4, -0.2) is 44.9 Å². The minimum Gasteiger partial charge on any atom is -0.482 e. The molecule has 0 aromatic heterocycles. The normalized spacial score (nSPS) is 15.3. The molecule has 0 unspecified atom stereocenters. The summed E-state index contributed by atoms with van der Waals surface area (Å²) in [6.07, 6.45) is 4.55. The summed E-state index contributed by atoms with van der Waals surface area (Å²) in [5.41, 5.74) is 0.939. The average Bonchev–Trinajstić information content (AvgIpc) is 3.05. The van der Waals surface area contributed by atoms with Crippen LogP contribution in [0.25, 0.3) is 0 Å². The Bertz CT molecular complexity index is 989. The Morgan fingerprint density at radius 2 is 1.68 bits per heavy atom. The van der Waals surface area contributed by atoms with Crippen molar-refractivity contribution in [2.24, 2.45) is 0 Å². The van der Waals surface area contributed by atoms with Crippen molar-refractivity contribution < 1.29 is 17.9 Å². The molecule has 1 saturated heterocycles. The summed E-state index contributed by atoms with van der Waals surface area (Å²) in [6.45, 7) is 1.40. The van der Waals surface area contributed by atoms with Gasteiger partial charge in [-0.2, -0.15) is 4.31 Å². The molecule has 1 N–H and O–H groups in total. The first-order chi connectivity index (χ1) is 14.9. The number of nitrogens with zero attached hydrogens (tertiary/aromatic N) is 1. The molecule has 6 nitrogen and oxygen atoms in total. The van der Waals surface area contributed by atoms with Gasteiger partial charge in [0, 0.05) is 30.7 Å². The molecule has 0 radical (unpaired) electrons. The number of amides is 1. The van der Waals surface area contributed by atoms with E-state index in [1.54, 1.807) is 46.8 Å². The van der Waals surface area contributed by atoms with Crippen LogP contribution in [0.1, 0.15) is 31.2 Å². The Balaban J connectivity index is 1.46. The lowest BCUT2D eigenvalue weighted by Gasteiger charge is -2.20. The second-order valence-electron chi connectivity index (χ2n) is 7.43. The van der Waals surface area contributed by atoms with Crippen LogP contribution in [0, 0.1) is 0 Å². The molecule has 1 amide bonds. The molecule has 1 aliphatic heterocycles. The predicted molar refractivity (Wildman–Crippen MR) is 122 cm³/mol. The zero-order chi connectivity index (χ0) is 22.3. The van der Waals surface area contributed by atoms with Crippen LogP contribution < -0.4 is 10.1 Å². The van der Waals surface area contributed by atoms with Gasteiger partial charge in [0.05, 0.1) is 9.92 Å². The van der Waals surface area contributed by atoms with E-state index < -0.39 is 10.0 Å². The van der Waals surface area contributed by atoms with E-state index in [2.05, 4.69) is 5.32 Å². The number of rotatable bonds is 8. The average molecular weight is 485 g/mol. The fourth-order valence-electron chi connectivity index (χ4n) is 3.39. The monoisotopic (exact) mass is 484 g/mol. The number of sulfonamides is 1. The third kappa shape index (κ3) is 6.84. The number of hydrogen-bond donors (Lipinski definition) is 1. The number of benzene rings is 2. The Labute approximate surface area is 193 Å². The van der Waals surface area contributed by atoms with E-state index in [-0.39, 0.29) is 12.5 Å². The lowest BCUT2D eigenvalue weighted by atomic mass is 10.1. The molecule has 2 aromatic carbocycles. The summed E-state index contributed by atoms with van der Waals surface area (Å²) >= 11 is 11.9. The van der Waals surface area contributed by atoms with Crippen LogP contribution in [0.2, 0.25) is 10.0 Å². The van der Waals surface area contributed by atoms with Crippen LogP contribution in [0.4, 0.5) is 0 Å². The van der Waals surface area contributed by atoms with Gasteiger partial charge >= 0.3 is 0 Å². The summed E-state index contributed by atoms with van der Waals surface area (Å²) < 4.78 is 32.6. The van der Waals surface area contributed by atoms with Gasteiger partial charge in [0.15, 0.2) is 6.61 Å². The SMILES string of the molecule is O=C(COc1cc(Cl)ccc1Cl)NCCc1ccc(S(=O)(=O)N2CCCCCC2)cc1. The number of hydrogen-bond acceptors (Lipinski definition) is 4. The van der Waals surface area contributed by atoms with Gasteiger partial charge in [0.25, 0.3) is 5.91 Å². The molecule has 0 bridgehead atoms. The molecule has 1 aliphatic rings. The molecular weight excluding hydrogens is 459 g/mol. The molecule has 0 aliphatic carbocycles. The first-order valence-electron chi connectivity index (χ1n) is 10.3. The van der Waals surface area contributed by atoms with E-state index >= 15 is 0 Å². The lowest BCUT2D eigenvalue weighted by Crippen LogP contribution is -2.32. The number of ether oxygens (including phenoxy) is 1. The van der Waals surface area contributed by atoms with Crippen molar-refractivity contribution in [2.45, 2.75) is 37.0 Å². The van der Waals surface area contributed by atoms with Gasteiger partial charge in [-0.3, -0.25) is 4.79 Å². The van der Waals surface area contributed by atoms with Crippen LogP contribution in [-0.2, 0) is 21.2 Å². The third-order valence-corrected chi connectivity index (χ3v) is 7.57. The molecule has 0 spiro atoms. The van der Waals surface area contributed by atoms with Gasteiger partial charge in [-0.1, -0.05) is 48.2 Å². The molecule has 1 fully saturated rings. The third-order valence-electron chi connectivity index (χ3n) is 5.11. The van der Waals surface area contributed by atoms with E-state index in [9.17, 15) is 13.2 Å². The van der Waals surface area contributed by atoms with Crippen LogP contribution in [0.15, 0.2) is 47.4 Å². The minimum absolute atomic E-state index is 0.174. The minimum atomic E-state index is -3.45. The first kappa shape index (κ1) is 23.9. The highest BCUT2D eigenvalue weighted by atomic mass is 35.5. The highest BCUT2D eigenvalue weighted by Gasteiger charge is 2.24. The Morgan fingerprint density at radius 3 is 2.35 bits per heavy atom. The van der Waals surface area contributed by atoms with Crippen LogP contribution in [0.5, 0.6) is 5.75 Å². The van der Waals surface area contributed by atoms with Crippen molar-refractivity contribution >= 4 is 39.1 Å². The number of nitrogens with one attached hydrogen (secondary N) is 1. The van der Waals surface area contributed by atoms with Gasteiger partial charge in [0.1, 0.15) is 5.75 Å². The Hall–Kier alpha value is -1.80. The summed E-state index contributed by atoms with van der Waals surface area (Å²) in [5, 5.41) is 3.63. The maximum absolute atomic E-state index is 12.8. The van der Waals surface area contributed by atoms with Crippen molar-refractivity contribution in [3.8, 4) is 5.75 Å². The van der Waals surface area contributed by atoms with Crippen molar-refractivity contribution in [1.82, 2.24) is 9.62 Å². The number of carbonyl (C=O) groups excluding carboxylic acids is 1. The molecule has 0 atom stereocenters. The summed E-state index contributed by atoms with van der Waals surface area (Å²) in [5.74, 6) is 0.0712. The zero-order valence-electron chi connectivity index (χ0n) is 17.1. The van der Waals surface area contributed by atoms with Crippen molar-refractivity contribution in [2.75, 3.05) is 26.2 Å². The topological polar surface area (TPSA) is 75.7 Å². The maximum atomic E-state index is 12.8. The molecule has 3 rings (SSSR count). The lowest BCUT2D eigenvalue weighted by molar-refractivity contribution is -0.123. The Morgan fingerprint density at radius 1 is 1.00 bits per heavy atom. The van der Waals surface area contributed by atoms with E-state index in [0.29, 0.717) is 46.7 Å². The van der Waals surface area contributed by atoms with Gasteiger partial charge in [-0.05, 0) is 49.1 Å². The van der Waals surface area contributed by atoms with Gasteiger partial charge < -0.3 is 10.1 Å². The highest BCUT2D eigenvalue weighted by Crippen LogP contribution is 2.27. The molecule has 2 aromatic rings. The zero-order valence-corrected chi connectivity index (χ0v) is 19.5. The smallest absolute Gasteiger partial charge is 0.257 e. The predicted octanol–water partition coefficient (Wildman–Crippen LogP) is 4.30. The quantitative estimate of drug-likeness (QED) is 0.605. The van der Waals surface area contributed by atoms with E-state index in [1.807, 2.05) is 0 Å². The standard InChI is InChI=1S/C22H26Cl2N2O4S/c23-18-7-10-20(24)21(15-18)30-16-22(27)25-12-11-17-5-8-19(9-6-17)31(28,29)26-13-3-1-2-4-14-26/h5-10,15H,1-4,11-14,16H2,(H,25,27). The van der Waals surface area contributed by atoms with Crippen molar-refractivity contribution in [1.29, 1.82) is 0 Å². The van der Waals surface area contributed by atoms with E-state index in [1.165, 1.54) is 0 Å². The highest BCUT2D eigenvalue weighted by molar-refractivity contribution is 7.89. The molecule has 9 heteroatoms. The van der Waals surface area contributed by atoms with Gasteiger partial charge in [-0.25, -0.2) is 8.42 Å².